The van der Waals surface area contributed by atoms with Gasteiger partial charge in [-0.15, -0.1) is 0 Å². The summed E-state index contributed by atoms with van der Waals surface area (Å²) in [6.45, 7) is 0.259. The first-order chi connectivity index (χ1) is 9.04. The normalized spacial score (nSPS) is 36.1. The van der Waals surface area contributed by atoms with Gasteiger partial charge in [0.2, 0.25) is 0 Å². The molecule has 3 atom stereocenters. The van der Waals surface area contributed by atoms with E-state index in [2.05, 4.69) is 5.32 Å². The molecule has 0 aliphatic carbocycles. The number of fused-ring (bicyclic) bond motifs is 2. The number of aromatic nitrogens is 1. The second-order valence-electron chi connectivity index (χ2n) is 5.41. The maximum Gasteiger partial charge on any atom is 0.320 e. The summed E-state index contributed by atoms with van der Waals surface area (Å²) in [7, 11) is 1.71. The standard InChI is InChI=1S/C12H14N4O3/c1-14-10-12(13-11(14)19)5-7(17)6-16(12)9(18)8-3-2-4-15(8)10/h2-4,7,10,17H,5-6H2,1H3,(H,13,19)/t7-,10+,12-/m1/s1. The zero-order valence-corrected chi connectivity index (χ0v) is 10.4. The number of carbonyl (C=O) groups is 2. The zero-order chi connectivity index (χ0) is 13.4. The van der Waals surface area contributed by atoms with Crippen LogP contribution in [0.2, 0.25) is 0 Å². The van der Waals surface area contributed by atoms with Crippen LogP contribution in [0.15, 0.2) is 18.3 Å². The van der Waals surface area contributed by atoms with E-state index >= 15 is 0 Å². The lowest BCUT2D eigenvalue weighted by Crippen LogP contribution is -2.62. The van der Waals surface area contributed by atoms with Crippen molar-refractivity contribution in [3.05, 3.63) is 24.0 Å². The SMILES string of the molecule is CN1C(=O)N[C@]23C[C@@H](O)CN2C(=O)c2cccn2[C@H]13. The van der Waals surface area contributed by atoms with Gasteiger partial charge in [-0.05, 0) is 12.1 Å². The topological polar surface area (TPSA) is 77.8 Å². The van der Waals surface area contributed by atoms with Crippen LogP contribution in [-0.2, 0) is 0 Å². The summed E-state index contributed by atoms with van der Waals surface area (Å²) >= 11 is 0. The number of aliphatic hydroxyl groups excluding tert-OH is 1. The van der Waals surface area contributed by atoms with Gasteiger partial charge >= 0.3 is 6.03 Å². The highest BCUT2D eigenvalue weighted by Crippen LogP contribution is 2.46. The van der Waals surface area contributed by atoms with Crippen molar-refractivity contribution in [3.63, 3.8) is 0 Å². The molecule has 7 heteroatoms. The van der Waals surface area contributed by atoms with Crippen LogP contribution in [0.3, 0.4) is 0 Å². The van der Waals surface area contributed by atoms with E-state index in [0.29, 0.717) is 12.1 Å². The molecular weight excluding hydrogens is 248 g/mol. The van der Waals surface area contributed by atoms with Crippen LogP contribution in [-0.4, -0.2) is 56.8 Å². The minimum atomic E-state index is -0.825. The molecule has 1 aromatic heterocycles. The van der Waals surface area contributed by atoms with Gasteiger partial charge < -0.3 is 24.8 Å². The smallest absolute Gasteiger partial charge is 0.320 e. The quantitative estimate of drug-likeness (QED) is 0.665. The number of hydrogen-bond donors (Lipinski definition) is 2. The summed E-state index contributed by atoms with van der Waals surface area (Å²) in [5.74, 6) is -0.145. The third-order valence-corrected chi connectivity index (χ3v) is 4.37. The lowest BCUT2D eigenvalue weighted by molar-refractivity contribution is 0.0154. The van der Waals surface area contributed by atoms with Gasteiger partial charge in [-0.1, -0.05) is 0 Å². The summed E-state index contributed by atoms with van der Waals surface area (Å²) in [5, 5.41) is 12.8. The number of nitrogens with one attached hydrogen (secondary N) is 1. The van der Waals surface area contributed by atoms with Crippen LogP contribution < -0.4 is 5.32 Å². The minimum Gasteiger partial charge on any atom is -0.391 e. The minimum absolute atomic E-state index is 0.145. The molecule has 3 aliphatic rings. The van der Waals surface area contributed by atoms with Crippen LogP contribution in [0.1, 0.15) is 23.1 Å². The Bertz CT molecular complexity index is 598. The summed E-state index contributed by atoms with van der Waals surface area (Å²) < 4.78 is 1.81. The highest BCUT2D eigenvalue weighted by molar-refractivity contribution is 5.96. The third kappa shape index (κ3) is 1.07. The first-order valence-corrected chi connectivity index (χ1v) is 6.26. The molecule has 3 aliphatic heterocycles. The average molecular weight is 262 g/mol. The maximum atomic E-state index is 12.5. The van der Waals surface area contributed by atoms with Gasteiger partial charge in [-0.2, -0.15) is 0 Å². The summed E-state index contributed by atoms with van der Waals surface area (Å²) in [5.41, 5.74) is -0.271. The van der Waals surface area contributed by atoms with Gasteiger partial charge in [0.1, 0.15) is 5.69 Å². The molecule has 1 spiro atoms. The Morgan fingerprint density at radius 3 is 3.05 bits per heavy atom. The molecule has 0 radical (unpaired) electrons. The van der Waals surface area contributed by atoms with Gasteiger partial charge in [0.05, 0.1) is 6.10 Å². The van der Waals surface area contributed by atoms with E-state index in [0.717, 1.165) is 0 Å². The fraction of sp³-hybridized carbons (Fsp3) is 0.500. The van der Waals surface area contributed by atoms with E-state index in [9.17, 15) is 14.7 Å². The fourth-order valence-corrected chi connectivity index (χ4v) is 3.65. The molecule has 19 heavy (non-hydrogen) atoms. The molecule has 2 saturated heterocycles. The van der Waals surface area contributed by atoms with Crippen molar-refractivity contribution in [1.29, 1.82) is 0 Å². The fourth-order valence-electron chi connectivity index (χ4n) is 3.65. The number of urea groups is 1. The first kappa shape index (κ1) is 10.9. The number of likely N-dealkylation sites (N-methyl/N-ethyl adjacent to an activating group) is 1. The zero-order valence-electron chi connectivity index (χ0n) is 10.4. The molecule has 7 nitrogen and oxygen atoms in total. The predicted octanol–water partition coefficient (Wildman–Crippen LogP) is -0.442. The lowest BCUT2D eigenvalue weighted by atomic mass is 10.0. The average Bonchev–Trinajstić information content (AvgIpc) is 2.98. The van der Waals surface area contributed by atoms with Crippen molar-refractivity contribution in [3.8, 4) is 0 Å². The lowest BCUT2D eigenvalue weighted by Gasteiger charge is -2.44. The van der Waals surface area contributed by atoms with E-state index in [1.54, 1.807) is 35.2 Å². The Morgan fingerprint density at radius 2 is 2.26 bits per heavy atom. The van der Waals surface area contributed by atoms with E-state index < -0.39 is 11.8 Å². The predicted molar refractivity (Wildman–Crippen MR) is 64.2 cm³/mol. The third-order valence-electron chi connectivity index (χ3n) is 4.37. The highest BCUT2D eigenvalue weighted by Gasteiger charge is 2.63. The van der Waals surface area contributed by atoms with Crippen molar-refractivity contribution in [2.24, 2.45) is 0 Å². The number of carbonyl (C=O) groups excluding carboxylic acids is 2. The Kier molecular flexibility index (Phi) is 1.78. The second kappa shape index (κ2) is 3.11. The number of hydrogen-bond acceptors (Lipinski definition) is 3. The van der Waals surface area contributed by atoms with Crippen LogP contribution in [0.25, 0.3) is 0 Å². The van der Waals surface area contributed by atoms with Gasteiger partial charge in [0.25, 0.3) is 5.91 Å². The molecular formula is C12H14N4O3. The summed E-state index contributed by atoms with van der Waals surface area (Å²) in [4.78, 5) is 27.7. The Morgan fingerprint density at radius 1 is 1.47 bits per heavy atom. The van der Waals surface area contributed by atoms with E-state index in [1.165, 1.54) is 0 Å². The number of nitrogens with zero attached hydrogens (tertiary/aromatic N) is 3. The molecule has 0 saturated carbocycles. The maximum absolute atomic E-state index is 12.5. The Labute approximate surface area is 109 Å². The molecule has 2 fully saturated rings. The van der Waals surface area contributed by atoms with Crippen LogP contribution >= 0.6 is 0 Å². The van der Waals surface area contributed by atoms with Gasteiger partial charge in [-0.25, -0.2) is 4.79 Å². The molecule has 100 valence electrons. The van der Waals surface area contributed by atoms with Crippen LogP contribution in [0, 0.1) is 0 Å². The molecule has 0 bridgehead atoms. The van der Waals surface area contributed by atoms with Gasteiger partial charge in [0, 0.05) is 26.2 Å². The van der Waals surface area contributed by atoms with Crippen molar-refractivity contribution in [1.82, 2.24) is 19.7 Å². The monoisotopic (exact) mass is 262 g/mol. The van der Waals surface area contributed by atoms with Gasteiger partial charge in [-0.3, -0.25) is 4.79 Å². The molecule has 0 aromatic carbocycles. The number of rotatable bonds is 0. The Balaban J connectivity index is 1.96. The molecule has 2 N–H and O–H groups in total. The van der Waals surface area contributed by atoms with Crippen LogP contribution in [0.4, 0.5) is 4.79 Å². The number of aliphatic hydroxyl groups is 1. The molecule has 0 unspecified atom stereocenters. The summed E-state index contributed by atoms with van der Waals surface area (Å²) in [6.07, 6.45) is 1.25. The summed E-state index contributed by atoms with van der Waals surface area (Å²) in [6, 6.07) is 3.32. The van der Waals surface area contributed by atoms with Crippen molar-refractivity contribution in [2.75, 3.05) is 13.6 Å². The second-order valence-corrected chi connectivity index (χ2v) is 5.41. The molecule has 1 aromatic rings. The first-order valence-electron chi connectivity index (χ1n) is 6.26. The Hall–Kier alpha value is -2.02. The van der Waals surface area contributed by atoms with E-state index in [1.807, 2.05) is 4.57 Å². The van der Waals surface area contributed by atoms with Crippen LogP contribution in [0.5, 0.6) is 0 Å². The van der Waals surface area contributed by atoms with E-state index in [-0.39, 0.29) is 24.6 Å². The molecule has 3 amide bonds. The largest absolute Gasteiger partial charge is 0.391 e. The van der Waals surface area contributed by atoms with Crippen molar-refractivity contribution < 1.29 is 14.7 Å². The van der Waals surface area contributed by atoms with Crippen molar-refractivity contribution in [2.45, 2.75) is 24.4 Å². The molecule has 4 heterocycles. The van der Waals surface area contributed by atoms with Crippen molar-refractivity contribution >= 4 is 11.9 Å². The highest BCUT2D eigenvalue weighted by atomic mass is 16.3. The van der Waals surface area contributed by atoms with Gasteiger partial charge in [0.15, 0.2) is 11.8 Å². The number of amides is 3. The van der Waals surface area contributed by atoms with E-state index in [4.69, 9.17) is 0 Å². The molecule has 4 rings (SSSR count).